The number of aromatic nitrogens is 2. The van der Waals surface area contributed by atoms with E-state index in [0.29, 0.717) is 25.1 Å². The molecule has 3 aromatic rings. The molecule has 2 aromatic carbocycles. The Morgan fingerprint density at radius 3 is 2.34 bits per heavy atom. The zero-order chi connectivity index (χ0) is 24.7. The highest BCUT2D eigenvalue weighted by Gasteiger charge is 2.43. The standard InChI is InChI=1S/C28H29N3O4/c1-18(2)31-25-23(17-29-31)15-28(16-24(25)32)10-12-30(13-11-28)26(33)20-8-6-19(7-9-20)21-4-3-5-22(14-21)27(34)35/h3-9,14,17-18H,10-13,15-16H2,1-2H3,(H,34,35). The maximum Gasteiger partial charge on any atom is 0.335 e. The maximum absolute atomic E-state index is 13.2. The summed E-state index contributed by atoms with van der Waals surface area (Å²) in [4.78, 5) is 39.3. The molecule has 1 N–H and O–H groups in total. The summed E-state index contributed by atoms with van der Waals surface area (Å²) in [5.41, 5.74) is 4.21. The van der Waals surface area contributed by atoms with Gasteiger partial charge >= 0.3 is 5.97 Å². The van der Waals surface area contributed by atoms with Crippen LogP contribution in [0.25, 0.3) is 11.1 Å². The fraction of sp³-hybridized carbons (Fsp3) is 0.357. The lowest BCUT2D eigenvalue weighted by Gasteiger charge is -2.43. The first-order valence-corrected chi connectivity index (χ1v) is 12.1. The minimum atomic E-state index is -0.967. The van der Waals surface area contributed by atoms with Gasteiger partial charge in [0.05, 0.1) is 11.8 Å². The minimum absolute atomic E-state index is 0.0128. The van der Waals surface area contributed by atoms with Crippen molar-refractivity contribution < 1.29 is 19.5 Å². The molecule has 1 saturated heterocycles. The van der Waals surface area contributed by atoms with Crippen molar-refractivity contribution in [2.45, 2.75) is 45.6 Å². The predicted octanol–water partition coefficient (Wildman–Crippen LogP) is 4.88. The number of carboxylic acids is 1. The van der Waals surface area contributed by atoms with Crippen LogP contribution in [0.3, 0.4) is 0 Å². The quantitative estimate of drug-likeness (QED) is 0.585. The second kappa shape index (κ2) is 8.80. The lowest BCUT2D eigenvalue weighted by atomic mass is 9.67. The summed E-state index contributed by atoms with van der Waals surface area (Å²) in [5.74, 6) is -0.813. The summed E-state index contributed by atoms with van der Waals surface area (Å²) in [6.45, 7) is 5.33. The first-order valence-electron chi connectivity index (χ1n) is 12.1. The molecule has 1 aliphatic carbocycles. The molecular weight excluding hydrogens is 442 g/mol. The number of fused-ring (bicyclic) bond motifs is 1. The van der Waals surface area contributed by atoms with Crippen molar-refractivity contribution in [2.24, 2.45) is 5.41 Å². The van der Waals surface area contributed by atoms with E-state index in [1.807, 2.05) is 47.8 Å². The molecule has 35 heavy (non-hydrogen) atoms. The second-order valence-corrected chi connectivity index (χ2v) is 10.1. The average Bonchev–Trinajstić information content (AvgIpc) is 3.29. The number of amides is 1. The van der Waals surface area contributed by atoms with Crippen molar-refractivity contribution in [2.75, 3.05) is 13.1 Å². The Hall–Kier alpha value is -3.74. The molecule has 5 rings (SSSR count). The molecule has 7 heteroatoms. The van der Waals surface area contributed by atoms with Gasteiger partial charge in [-0.2, -0.15) is 5.10 Å². The molecule has 1 spiro atoms. The highest BCUT2D eigenvalue weighted by molar-refractivity contribution is 5.98. The molecule has 1 amide bonds. The Morgan fingerprint density at radius 1 is 0.971 bits per heavy atom. The van der Waals surface area contributed by atoms with Crippen molar-refractivity contribution in [3.63, 3.8) is 0 Å². The van der Waals surface area contributed by atoms with Gasteiger partial charge in [-0.25, -0.2) is 4.79 Å². The van der Waals surface area contributed by atoms with Gasteiger partial charge in [0, 0.05) is 36.7 Å². The van der Waals surface area contributed by atoms with Crippen LogP contribution in [0.5, 0.6) is 0 Å². The molecule has 1 fully saturated rings. The van der Waals surface area contributed by atoms with E-state index in [1.165, 1.54) is 0 Å². The molecule has 0 radical (unpaired) electrons. The monoisotopic (exact) mass is 471 g/mol. The average molecular weight is 472 g/mol. The zero-order valence-electron chi connectivity index (χ0n) is 20.0. The third kappa shape index (κ3) is 4.27. The van der Waals surface area contributed by atoms with Crippen molar-refractivity contribution in [1.82, 2.24) is 14.7 Å². The third-order valence-corrected chi connectivity index (χ3v) is 7.41. The number of benzene rings is 2. The van der Waals surface area contributed by atoms with Gasteiger partial charge < -0.3 is 10.0 Å². The zero-order valence-corrected chi connectivity index (χ0v) is 20.0. The van der Waals surface area contributed by atoms with E-state index in [9.17, 15) is 19.5 Å². The SMILES string of the molecule is CC(C)n1ncc2c1C(=O)CC1(CCN(C(=O)c3ccc(-c4cccc(C(=O)O)c4)cc3)CC1)C2. The van der Waals surface area contributed by atoms with Gasteiger partial charge in [0.15, 0.2) is 5.78 Å². The summed E-state index contributed by atoms with van der Waals surface area (Å²) in [6, 6.07) is 14.2. The Labute approximate surface area is 204 Å². The summed E-state index contributed by atoms with van der Waals surface area (Å²) in [7, 11) is 0. The van der Waals surface area contributed by atoms with Gasteiger partial charge in [0.25, 0.3) is 5.91 Å². The molecule has 0 saturated carbocycles. The summed E-state index contributed by atoms with van der Waals surface area (Å²) < 4.78 is 1.84. The fourth-order valence-electron chi connectivity index (χ4n) is 5.47. The molecule has 2 aliphatic rings. The highest BCUT2D eigenvalue weighted by atomic mass is 16.4. The first kappa shape index (κ1) is 23.0. The van der Waals surface area contributed by atoms with Gasteiger partial charge in [-0.05, 0) is 73.9 Å². The van der Waals surface area contributed by atoms with E-state index >= 15 is 0 Å². The summed E-state index contributed by atoms with van der Waals surface area (Å²) >= 11 is 0. The predicted molar refractivity (Wildman–Crippen MR) is 132 cm³/mol. The summed E-state index contributed by atoms with van der Waals surface area (Å²) in [5, 5.41) is 13.7. The Morgan fingerprint density at radius 2 is 1.69 bits per heavy atom. The largest absolute Gasteiger partial charge is 0.478 e. The number of aromatic carboxylic acids is 1. The van der Waals surface area contributed by atoms with E-state index in [4.69, 9.17) is 0 Å². The minimum Gasteiger partial charge on any atom is -0.478 e. The van der Waals surface area contributed by atoms with Gasteiger partial charge in [-0.15, -0.1) is 0 Å². The van der Waals surface area contributed by atoms with Crippen molar-refractivity contribution >= 4 is 17.7 Å². The lowest BCUT2D eigenvalue weighted by Crippen LogP contribution is -2.46. The number of ketones is 1. The molecule has 7 nitrogen and oxygen atoms in total. The maximum atomic E-state index is 13.2. The van der Waals surface area contributed by atoms with E-state index in [0.717, 1.165) is 41.6 Å². The van der Waals surface area contributed by atoms with Crippen molar-refractivity contribution in [3.8, 4) is 11.1 Å². The van der Waals surface area contributed by atoms with E-state index in [-0.39, 0.29) is 28.7 Å². The van der Waals surface area contributed by atoms with Crippen molar-refractivity contribution in [3.05, 3.63) is 77.1 Å². The van der Waals surface area contributed by atoms with Crippen LogP contribution in [0.2, 0.25) is 0 Å². The Balaban J connectivity index is 1.26. The van der Waals surface area contributed by atoms with Gasteiger partial charge in [0.2, 0.25) is 0 Å². The van der Waals surface area contributed by atoms with Crippen molar-refractivity contribution in [1.29, 1.82) is 0 Å². The molecule has 0 atom stereocenters. The van der Waals surface area contributed by atoms with Crippen LogP contribution in [-0.2, 0) is 6.42 Å². The van der Waals surface area contributed by atoms with Crippen LogP contribution in [0.15, 0.2) is 54.7 Å². The van der Waals surface area contributed by atoms with Gasteiger partial charge in [-0.1, -0.05) is 24.3 Å². The number of rotatable bonds is 4. The van der Waals surface area contributed by atoms with Crippen LogP contribution in [0.1, 0.15) is 75.9 Å². The number of likely N-dealkylation sites (tertiary alicyclic amines) is 1. The van der Waals surface area contributed by atoms with Crippen LogP contribution >= 0.6 is 0 Å². The molecule has 1 aromatic heterocycles. The van der Waals surface area contributed by atoms with Gasteiger partial charge in [-0.3, -0.25) is 14.3 Å². The summed E-state index contributed by atoms with van der Waals surface area (Å²) in [6.07, 6.45) is 4.81. The molecular formula is C28H29N3O4. The van der Waals surface area contributed by atoms with Crippen LogP contribution in [0, 0.1) is 5.41 Å². The highest BCUT2D eigenvalue weighted by Crippen LogP contribution is 2.44. The van der Waals surface area contributed by atoms with Crippen LogP contribution in [-0.4, -0.2) is 50.5 Å². The number of carbonyl (C=O) groups is 3. The number of carboxylic acid groups (broad SMARTS) is 1. The third-order valence-electron chi connectivity index (χ3n) is 7.41. The molecule has 2 heterocycles. The number of hydrogen-bond donors (Lipinski definition) is 1. The Kier molecular flexibility index (Phi) is 5.79. The van der Waals surface area contributed by atoms with Gasteiger partial charge in [0.1, 0.15) is 5.69 Å². The first-order chi connectivity index (χ1) is 16.8. The smallest absolute Gasteiger partial charge is 0.335 e. The number of hydrogen-bond acceptors (Lipinski definition) is 4. The number of carbonyl (C=O) groups excluding carboxylic acids is 2. The number of nitrogens with zero attached hydrogens (tertiary/aromatic N) is 3. The normalized spacial score (nSPS) is 17.0. The molecule has 1 aliphatic heterocycles. The number of Topliss-reactive ketones (excluding diaryl/α,β-unsaturated/α-hetero) is 1. The molecule has 0 unspecified atom stereocenters. The second-order valence-electron chi connectivity index (χ2n) is 10.1. The fourth-order valence-corrected chi connectivity index (χ4v) is 5.47. The van der Waals surface area contributed by atoms with Crippen LogP contribution < -0.4 is 0 Å². The van der Waals surface area contributed by atoms with E-state index < -0.39 is 5.97 Å². The lowest BCUT2D eigenvalue weighted by molar-refractivity contribution is 0.0516. The van der Waals surface area contributed by atoms with E-state index in [1.54, 1.807) is 30.3 Å². The van der Waals surface area contributed by atoms with E-state index in [2.05, 4.69) is 5.10 Å². The van der Waals surface area contributed by atoms with Crippen LogP contribution in [0.4, 0.5) is 0 Å². The topological polar surface area (TPSA) is 92.5 Å². The number of piperidine rings is 1. The molecule has 180 valence electrons. The molecule has 0 bridgehead atoms. The Bertz CT molecular complexity index is 1300.